The SMILES string of the molecule is COC(=O)CSc1nc2c([nH]c3ccccc32)c(=O)n1-c1ccccc1C. The van der Waals surface area contributed by atoms with Gasteiger partial charge < -0.3 is 9.72 Å². The highest BCUT2D eigenvalue weighted by Crippen LogP contribution is 2.27. The molecule has 27 heavy (non-hydrogen) atoms. The Balaban J connectivity index is 2.02. The van der Waals surface area contributed by atoms with Gasteiger partial charge in [-0.25, -0.2) is 4.98 Å². The predicted molar refractivity (Wildman–Crippen MR) is 107 cm³/mol. The minimum absolute atomic E-state index is 0.0721. The molecule has 0 bridgehead atoms. The van der Waals surface area contributed by atoms with Gasteiger partial charge in [0, 0.05) is 10.9 Å². The number of methoxy groups -OCH3 is 1. The number of nitrogens with zero attached hydrogens (tertiary/aromatic N) is 2. The lowest BCUT2D eigenvalue weighted by Crippen LogP contribution is -2.23. The zero-order chi connectivity index (χ0) is 19.0. The Bertz CT molecular complexity index is 1230. The molecule has 2 heterocycles. The summed E-state index contributed by atoms with van der Waals surface area (Å²) in [5, 5.41) is 1.33. The number of H-pyrrole nitrogens is 1. The van der Waals surface area contributed by atoms with Crippen LogP contribution < -0.4 is 5.56 Å². The van der Waals surface area contributed by atoms with Crippen molar-refractivity contribution in [2.45, 2.75) is 12.1 Å². The van der Waals surface area contributed by atoms with Crippen LogP contribution in [-0.2, 0) is 9.53 Å². The van der Waals surface area contributed by atoms with Crippen molar-refractivity contribution in [3.8, 4) is 5.69 Å². The number of esters is 1. The molecule has 2 aromatic carbocycles. The number of rotatable bonds is 4. The van der Waals surface area contributed by atoms with Gasteiger partial charge in [0.2, 0.25) is 0 Å². The monoisotopic (exact) mass is 379 g/mol. The number of thioether (sulfide) groups is 1. The lowest BCUT2D eigenvalue weighted by molar-refractivity contribution is -0.137. The molecule has 0 atom stereocenters. The van der Waals surface area contributed by atoms with E-state index in [1.54, 1.807) is 4.57 Å². The van der Waals surface area contributed by atoms with Crippen LogP contribution in [0.5, 0.6) is 0 Å². The Hall–Kier alpha value is -3.06. The molecule has 0 aliphatic rings. The van der Waals surface area contributed by atoms with Gasteiger partial charge in [-0.1, -0.05) is 48.2 Å². The van der Waals surface area contributed by atoms with E-state index in [4.69, 9.17) is 9.72 Å². The van der Waals surface area contributed by atoms with Crippen molar-refractivity contribution < 1.29 is 9.53 Å². The molecule has 7 heteroatoms. The van der Waals surface area contributed by atoms with Crippen LogP contribution in [0.4, 0.5) is 0 Å². The molecule has 0 saturated carbocycles. The van der Waals surface area contributed by atoms with Gasteiger partial charge in [-0.15, -0.1) is 0 Å². The highest BCUT2D eigenvalue weighted by molar-refractivity contribution is 7.99. The van der Waals surface area contributed by atoms with Crippen molar-refractivity contribution in [2.24, 2.45) is 0 Å². The summed E-state index contributed by atoms with van der Waals surface area (Å²) >= 11 is 1.19. The number of hydrogen-bond donors (Lipinski definition) is 1. The summed E-state index contributed by atoms with van der Waals surface area (Å²) in [5.74, 6) is -0.299. The van der Waals surface area contributed by atoms with Crippen molar-refractivity contribution >= 4 is 39.7 Å². The van der Waals surface area contributed by atoms with E-state index in [9.17, 15) is 9.59 Å². The number of carbonyl (C=O) groups excluding carboxylic acids is 1. The van der Waals surface area contributed by atoms with Crippen LogP contribution in [0.15, 0.2) is 58.5 Å². The minimum atomic E-state index is -0.371. The third kappa shape index (κ3) is 3.00. The fourth-order valence-electron chi connectivity index (χ4n) is 3.05. The maximum absolute atomic E-state index is 13.3. The summed E-state index contributed by atoms with van der Waals surface area (Å²) in [7, 11) is 1.34. The lowest BCUT2D eigenvalue weighted by atomic mass is 10.2. The van der Waals surface area contributed by atoms with Gasteiger partial charge in [-0.2, -0.15) is 0 Å². The van der Waals surface area contributed by atoms with Gasteiger partial charge in [-0.05, 0) is 24.6 Å². The molecule has 6 nitrogen and oxygen atoms in total. The molecule has 0 saturated heterocycles. The Kier molecular flexibility index (Phi) is 4.45. The van der Waals surface area contributed by atoms with Crippen molar-refractivity contribution in [3.05, 3.63) is 64.4 Å². The van der Waals surface area contributed by atoms with Crippen molar-refractivity contribution in [3.63, 3.8) is 0 Å². The van der Waals surface area contributed by atoms with Gasteiger partial charge in [-0.3, -0.25) is 14.2 Å². The maximum atomic E-state index is 13.3. The van der Waals surface area contributed by atoms with Gasteiger partial charge in [0.1, 0.15) is 11.0 Å². The molecule has 4 rings (SSSR count). The average molecular weight is 379 g/mol. The van der Waals surface area contributed by atoms with Gasteiger partial charge in [0.05, 0.1) is 18.6 Å². The summed E-state index contributed by atoms with van der Waals surface area (Å²) in [6.07, 6.45) is 0. The van der Waals surface area contributed by atoms with Crippen LogP contribution >= 0.6 is 11.8 Å². The first-order valence-electron chi connectivity index (χ1n) is 8.39. The van der Waals surface area contributed by atoms with E-state index in [0.717, 1.165) is 22.2 Å². The first-order chi connectivity index (χ1) is 13.1. The minimum Gasteiger partial charge on any atom is -0.468 e. The van der Waals surface area contributed by atoms with Crippen LogP contribution in [0.1, 0.15) is 5.56 Å². The molecule has 0 amide bonds. The van der Waals surface area contributed by atoms with E-state index in [0.29, 0.717) is 16.2 Å². The Morgan fingerprint density at radius 3 is 2.70 bits per heavy atom. The molecule has 0 spiro atoms. The second-order valence-electron chi connectivity index (χ2n) is 6.08. The molecule has 4 aromatic rings. The fraction of sp³-hybridized carbons (Fsp3) is 0.150. The molecule has 136 valence electrons. The van der Waals surface area contributed by atoms with Crippen LogP contribution in [0.25, 0.3) is 27.6 Å². The number of aromatic nitrogens is 3. The molecule has 1 N–H and O–H groups in total. The van der Waals surface area contributed by atoms with Crippen molar-refractivity contribution in [1.29, 1.82) is 0 Å². The van der Waals surface area contributed by atoms with E-state index >= 15 is 0 Å². The molecule has 0 fully saturated rings. The first kappa shape index (κ1) is 17.4. The summed E-state index contributed by atoms with van der Waals surface area (Å²) in [6, 6.07) is 15.2. The van der Waals surface area contributed by atoms with Crippen LogP contribution in [-0.4, -0.2) is 33.4 Å². The van der Waals surface area contributed by atoms with Gasteiger partial charge in [0.25, 0.3) is 5.56 Å². The smallest absolute Gasteiger partial charge is 0.316 e. The van der Waals surface area contributed by atoms with E-state index in [2.05, 4.69) is 4.98 Å². The molecule has 0 aliphatic carbocycles. The number of nitrogens with one attached hydrogen (secondary N) is 1. The first-order valence-corrected chi connectivity index (χ1v) is 9.38. The molecule has 0 aliphatic heterocycles. The summed E-state index contributed by atoms with van der Waals surface area (Å²) in [5.41, 5.74) is 3.38. The standard InChI is InChI=1S/C20H17N3O3S/c1-12-7-3-6-10-15(12)23-19(25)18-17(13-8-4-5-9-14(13)21-18)22-20(23)27-11-16(24)26-2/h3-10,21H,11H2,1-2H3. The largest absolute Gasteiger partial charge is 0.468 e. The van der Waals surface area contributed by atoms with Crippen molar-refractivity contribution in [2.75, 3.05) is 12.9 Å². The third-order valence-corrected chi connectivity index (χ3v) is 5.31. The highest BCUT2D eigenvalue weighted by atomic mass is 32.2. The second-order valence-corrected chi connectivity index (χ2v) is 7.02. The third-order valence-electron chi connectivity index (χ3n) is 4.40. The number of para-hydroxylation sites is 2. The quantitative estimate of drug-likeness (QED) is 0.334. The number of aryl methyl sites for hydroxylation is 1. The van der Waals surface area contributed by atoms with E-state index < -0.39 is 0 Å². The Morgan fingerprint density at radius 2 is 1.93 bits per heavy atom. The summed E-state index contributed by atoms with van der Waals surface area (Å²) in [4.78, 5) is 32.9. The summed E-state index contributed by atoms with van der Waals surface area (Å²) in [6.45, 7) is 1.94. The maximum Gasteiger partial charge on any atom is 0.316 e. The number of hydrogen-bond acceptors (Lipinski definition) is 5. The van der Waals surface area contributed by atoms with Gasteiger partial charge >= 0.3 is 5.97 Å². The molecule has 0 unspecified atom stereocenters. The Labute approximate surface area is 159 Å². The number of carbonyl (C=O) groups is 1. The highest BCUT2D eigenvalue weighted by Gasteiger charge is 2.18. The molecule has 2 aromatic heterocycles. The van der Waals surface area contributed by atoms with Gasteiger partial charge in [0.15, 0.2) is 5.16 Å². The van der Waals surface area contributed by atoms with Crippen LogP contribution in [0, 0.1) is 6.92 Å². The Morgan fingerprint density at radius 1 is 1.19 bits per heavy atom. The van der Waals surface area contributed by atoms with E-state index in [-0.39, 0.29) is 17.3 Å². The van der Waals surface area contributed by atoms with E-state index in [1.807, 2.05) is 55.5 Å². The summed E-state index contributed by atoms with van der Waals surface area (Å²) < 4.78 is 6.29. The normalized spacial score (nSPS) is 11.2. The topological polar surface area (TPSA) is 77.0 Å². The number of benzene rings is 2. The van der Waals surface area contributed by atoms with E-state index in [1.165, 1.54) is 18.9 Å². The zero-order valence-corrected chi connectivity index (χ0v) is 15.7. The number of ether oxygens (including phenoxy) is 1. The zero-order valence-electron chi connectivity index (χ0n) is 14.9. The number of aromatic amines is 1. The van der Waals surface area contributed by atoms with Crippen LogP contribution in [0.3, 0.4) is 0 Å². The predicted octanol–water partition coefficient (Wildman–Crippen LogP) is 3.44. The van der Waals surface area contributed by atoms with Crippen molar-refractivity contribution in [1.82, 2.24) is 14.5 Å². The fourth-order valence-corrected chi connectivity index (χ4v) is 3.88. The molecular weight excluding hydrogens is 362 g/mol. The number of fused-ring (bicyclic) bond motifs is 3. The molecule has 0 radical (unpaired) electrons. The average Bonchev–Trinajstić information content (AvgIpc) is 3.06. The van der Waals surface area contributed by atoms with Crippen LogP contribution in [0.2, 0.25) is 0 Å². The second kappa shape index (κ2) is 6.92. The molecular formula is C20H17N3O3S. The lowest BCUT2D eigenvalue weighted by Gasteiger charge is -2.13.